The van der Waals surface area contributed by atoms with Gasteiger partial charge in [0.25, 0.3) is 5.56 Å². The van der Waals surface area contributed by atoms with Crippen LogP contribution in [0.25, 0.3) is 10.2 Å². The minimum absolute atomic E-state index is 0.0389. The van der Waals surface area contributed by atoms with Gasteiger partial charge in [0.1, 0.15) is 6.54 Å². The molecule has 5 nitrogen and oxygen atoms in total. The van der Waals surface area contributed by atoms with Crippen LogP contribution in [0, 0.1) is 17.2 Å². The first-order valence-electron chi connectivity index (χ1n) is 5.95. The van der Waals surface area contributed by atoms with E-state index in [2.05, 4.69) is 17.2 Å². The molecule has 0 fully saturated rings. The number of thiophene rings is 1. The Morgan fingerprint density at radius 1 is 1.61 bits per heavy atom. The van der Waals surface area contributed by atoms with Crippen LogP contribution in [0.2, 0.25) is 0 Å². The van der Waals surface area contributed by atoms with Crippen LogP contribution < -0.4 is 5.56 Å². The molecule has 1 unspecified atom stereocenters. The van der Waals surface area contributed by atoms with Crippen molar-refractivity contribution in [2.24, 2.45) is 5.92 Å². The van der Waals surface area contributed by atoms with Crippen LogP contribution in [-0.2, 0) is 19.4 Å². The monoisotopic (exact) mass is 260 g/mol. The Kier molecular flexibility index (Phi) is 2.63. The van der Waals surface area contributed by atoms with Crippen molar-refractivity contribution >= 4 is 21.6 Å². The number of nitriles is 1. The van der Waals surface area contributed by atoms with Gasteiger partial charge >= 0.3 is 0 Å². The maximum absolute atomic E-state index is 12.2. The molecule has 6 heteroatoms. The average molecular weight is 260 g/mol. The van der Waals surface area contributed by atoms with Gasteiger partial charge in [-0.3, -0.25) is 4.79 Å². The van der Waals surface area contributed by atoms with Crippen LogP contribution in [0.3, 0.4) is 0 Å². The van der Waals surface area contributed by atoms with E-state index in [0.717, 1.165) is 29.5 Å². The summed E-state index contributed by atoms with van der Waals surface area (Å²) in [5.74, 6) is 0.667. The number of aryl methyl sites for hydroxylation is 1. The molecule has 1 aliphatic rings. The number of hydrogen-bond acceptors (Lipinski definition) is 5. The number of hydrogen-bond donors (Lipinski definition) is 0. The zero-order chi connectivity index (χ0) is 12.7. The minimum atomic E-state index is -0.173. The highest BCUT2D eigenvalue weighted by Gasteiger charge is 2.23. The topological polar surface area (TPSA) is 71.6 Å². The van der Waals surface area contributed by atoms with Crippen LogP contribution in [0.15, 0.2) is 4.79 Å². The standard InChI is InChI=1S/C12H12N4OS/c1-7-2-3-8-9(6-7)18-11-10(8)12(17)16(5-4-13)15-14-11/h7H,2-3,5-6H2,1H3. The number of rotatable bonds is 1. The van der Waals surface area contributed by atoms with Gasteiger partial charge in [0.2, 0.25) is 0 Å². The second kappa shape index (κ2) is 4.18. The van der Waals surface area contributed by atoms with E-state index in [4.69, 9.17) is 5.26 Å². The molecule has 0 saturated carbocycles. The summed E-state index contributed by atoms with van der Waals surface area (Å²) in [5.41, 5.74) is 0.966. The van der Waals surface area contributed by atoms with Gasteiger partial charge in [0, 0.05) is 4.88 Å². The molecule has 1 aliphatic carbocycles. The predicted molar refractivity (Wildman–Crippen MR) is 68.5 cm³/mol. The number of fused-ring (bicyclic) bond motifs is 3. The first kappa shape index (κ1) is 11.4. The molecule has 3 rings (SSSR count). The van der Waals surface area contributed by atoms with Gasteiger partial charge in [-0.15, -0.1) is 16.4 Å². The summed E-state index contributed by atoms with van der Waals surface area (Å²) in [6.45, 7) is 2.19. The molecule has 0 spiro atoms. The summed E-state index contributed by atoms with van der Waals surface area (Å²) >= 11 is 1.57. The molecule has 2 heterocycles. The van der Waals surface area contributed by atoms with Crippen molar-refractivity contribution < 1.29 is 0 Å². The lowest BCUT2D eigenvalue weighted by molar-refractivity contribution is 0.508. The van der Waals surface area contributed by atoms with E-state index in [0.29, 0.717) is 16.1 Å². The van der Waals surface area contributed by atoms with Crippen molar-refractivity contribution in [3.63, 3.8) is 0 Å². The second-order valence-corrected chi connectivity index (χ2v) is 5.83. The summed E-state index contributed by atoms with van der Waals surface area (Å²) in [7, 11) is 0. The highest BCUT2D eigenvalue weighted by molar-refractivity contribution is 7.18. The fourth-order valence-corrected chi connectivity index (χ4v) is 3.78. The predicted octanol–water partition coefficient (Wildman–Crippen LogP) is 1.50. The molecule has 2 aromatic rings. The molecule has 2 aromatic heterocycles. The van der Waals surface area contributed by atoms with Crippen molar-refractivity contribution in [2.45, 2.75) is 32.7 Å². The summed E-state index contributed by atoms with van der Waals surface area (Å²) in [6.07, 6.45) is 3.07. The highest BCUT2D eigenvalue weighted by Crippen LogP contribution is 2.35. The lowest BCUT2D eigenvalue weighted by Crippen LogP contribution is -2.24. The first-order chi connectivity index (χ1) is 8.70. The quantitative estimate of drug-likeness (QED) is 0.779. The summed E-state index contributed by atoms with van der Waals surface area (Å²) in [4.78, 5) is 14.2. The van der Waals surface area contributed by atoms with Crippen LogP contribution in [0.1, 0.15) is 23.8 Å². The molecule has 0 aliphatic heterocycles. The molecule has 0 saturated heterocycles. The average Bonchev–Trinajstić information content (AvgIpc) is 2.71. The van der Waals surface area contributed by atoms with Crippen LogP contribution in [0.5, 0.6) is 0 Å². The molecular formula is C12H12N4OS. The summed E-state index contributed by atoms with van der Waals surface area (Å²) in [6, 6.07) is 1.93. The van der Waals surface area contributed by atoms with E-state index in [-0.39, 0.29) is 12.1 Å². The Balaban J connectivity index is 2.26. The number of nitrogens with zero attached hydrogens (tertiary/aromatic N) is 4. The SMILES string of the molecule is CC1CCc2c(sc3nnn(CC#N)c(=O)c23)C1. The Morgan fingerprint density at radius 3 is 3.22 bits per heavy atom. The van der Waals surface area contributed by atoms with Crippen molar-refractivity contribution in [3.05, 3.63) is 20.8 Å². The van der Waals surface area contributed by atoms with Crippen molar-refractivity contribution in [1.82, 2.24) is 15.0 Å². The normalized spacial score (nSPS) is 18.6. The zero-order valence-electron chi connectivity index (χ0n) is 10.0. The lowest BCUT2D eigenvalue weighted by Gasteiger charge is -2.17. The van der Waals surface area contributed by atoms with E-state index < -0.39 is 0 Å². The fourth-order valence-electron chi connectivity index (χ4n) is 2.46. The molecule has 0 amide bonds. The van der Waals surface area contributed by atoms with Crippen LogP contribution in [-0.4, -0.2) is 15.0 Å². The molecule has 0 radical (unpaired) electrons. The zero-order valence-corrected chi connectivity index (χ0v) is 10.8. The van der Waals surface area contributed by atoms with E-state index >= 15 is 0 Å². The Hall–Kier alpha value is -1.74. The maximum Gasteiger partial charge on any atom is 0.279 e. The van der Waals surface area contributed by atoms with Crippen LogP contribution >= 0.6 is 11.3 Å². The van der Waals surface area contributed by atoms with E-state index in [9.17, 15) is 4.79 Å². The maximum atomic E-state index is 12.2. The molecular weight excluding hydrogens is 248 g/mol. The van der Waals surface area contributed by atoms with E-state index in [1.54, 1.807) is 11.3 Å². The van der Waals surface area contributed by atoms with Gasteiger partial charge in [-0.1, -0.05) is 12.1 Å². The molecule has 0 bridgehead atoms. The molecule has 18 heavy (non-hydrogen) atoms. The molecule has 92 valence electrons. The van der Waals surface area contributed by atoms with Gasteiger partial charge in [-0.25, -0.2) is 0 Å². The third-order valence-corrected chi connectivity index (χ3v) is 4.54. The largest absolute Gasteiger partial charge is 0.279 e. The van der Waals surface area contributed by atoms with Gasteiger partial charge in [0.15, 0.2) is 4.83 Å². The fraction of sp³-hybridized carbons (Fsp3) is 0.500. The van der Waals surface area contributed by atoms with Crippen molar-refractivity contribution in [2.75, 3.05) is 0 Å². The van der Waals surface area contributed by atoms with Crippen LogP contribution in [0.4, 0.5) is 0 Å². The minimum Gasteiger partial charge on any atom is -0.267 e. The third-order valence-electron chi connectivity index (χ3n) is 3.41. The summed E-state index contributed by atoms with van der Waals surface area (Å²) in [5, 5.41) is 17.2. The van der Waals surface area contributed by atoms with Gasteiger partial charge in [-0.2, -0.15) is 9.94 Å². The first-order valence-corrected chi connectivity index (χ1v) is 6.77. The summed E-state index contributed by atoms with van der Waals surface area (Å²) < 4.78 is 1.15. The molecule has 0 aromatic carbocycles. The lowest BCUT2D eigenvalue weighted by atomic mass is 9.89. The van der Waals surface area contributed by atoms with Crippen molar-refractivity contribution in [1.29, 1.82) is 5.26 Å². The second-order valence-electron chi connectivity index (χ2n) is 4.74. The van der Waals surface area contributed by atoms with Crippen molar-refractivity contribution in [3.8, 4) is 6.07 Å². The van der Waals surface area contributed by atoms with E-state index in [1.165, 1.54) is 4.88 Å². The van der Waals surface area contributed by atoms with Gasteiger partial charge in [0.05, 0.1) is 11.5 Å². The smallest absolute Gasteiger partial charge is 0.267 e. The van der Waals surface area contributed by atoms with E-state index in [1.807, 2.05) is 6.07 Å². The molecule has 0 N–H and O–H groups in total. The Bertz CT molecular complexity index is 709. The third kappa shape index (κ3) is 1.63. The van der Waals surface area contributed by atoms with Gasteiger partial charge in [-0.05, 0) is 30.7 Å². The van der Waals surface area contributed by atoms with Gasteiger partial charge < -0.3 is 0 Å². The Morgan fingerprint density at radius 2 is 2.44 bits per heavy atom. The highest BCUT2D eigenvalue weighted by atomic mass is 32.1. The molecule has 1 atom stereocenters. The Labute approximate surface area is 108 Å². The number of aromatic nitrogens is 3.